The Bertz CT molecular complexity index is 270. The minimum Gasteiger partial charge on any atom is -0.320 e. The van der Waals surface area contributed by atoms with Crippen LogP contribution in [0.4, 0.5) is 0 Å². The maximum atomic E-state index is 4.29. The molecule has 0 atom stereocenters. The molecule has 1 N–H and O–H groups in total. The van der Waals surface area contributed by atoms with E-state index in [0.29, 0.717) is 6.04 Å². The van der Waals surface area contributed by atoms with Gasteiger partial charge in [0.2, 0.25) is 0 Å². The van der Waals surface area contributed by atoms with Gasteiger partial charge in [-0.3, -0.25) is 0 Å². The summed E-state index contributed by atoms with van der Waals surface area (Å²) in [5, 5.41) is 3.37. The van der Waals surface area contributed by atoms with Gasteiger partial charge < -0.3 is 9.88 Å². The van der Waals surface area contributed by atoms with Crippen molar-refractivity contribution in [3.05, 3.63) is 16.6 Å². The number of nitrogens with one attached hydrogen (secondary N) is 1. The molecule has 1 aromatic rings. The monoisotopic (exact) mass is 243 g/mol. The van der Waals surface area contributed by atoms with E-state index in [0.717, 1.165) is 23.5 Å². The molecule has 4 heteroatoms. The summed E-state index contributed by atoms with van der Waals surface area (Å²) in [6, 6.07) is 0.623. The molecular formula is C9H14BrN3. The summed E-state index contributed by atoms with van der Waals surface area (Å²) in [4.78, 5) is 4.29. The number of nitrogens with zero attached hydrogens (tertiary/aromatic N) is 2. The lowest BCUT2D eigenvalue weighted by atomic mass is 10.1. The van der Waals surface area contributed by atoms with Crippen molar-refractivity contribution in [3.63, 3.8) is 0 Å². The van der Waals surface area contributed by atoms with Crippen molar-refractivity contribution in [1.82, 2.24) is 14.9 Å². The number of imidazole rings is 1. The van der Waals surface area contributed by atoms with Crippen molar-refractivity contribution >= 4 is 15.9 Å². The third kappa shape index (κ3) is 1.79. The van der Waals surface area contributed by atoms with Gasteiger partial charge in [0.1, 0.15) is 10.4 Å². The van der Waals surface area contributed by atoms with Crippen molar-refractivity contribution in [2.45, 2.75) is 25.8 Å². The van der Waals surface area contributed by atoms with Crippen LogP contribution in [0.25, 0.3) is 0 Å². The minimum atomic E-state index is 0.623. The van der Waals surface area contributed by atoms with Gasteiger partial charge in [0, 0.05) is 6.04 Å². The lowest BCUT2D eigenvalue weighted by Crippen LogP contribution is -2.29. The highest BCUT2D eigenvalue weighted by molar-refractivity contribution is 9.10. The molecule has 0 spiro atoms. The third-order valence-corrected chi connectivity index (χ3v) is 3.20. The van der Waals surface area contributed by atoms with Gasteiger partial charge in [-0.25, -0.2) is 4.98 Å². The van der Waals surface area contributed by atoms with E-state index in [9.17, 15) is 0 Å². The van der Waals surface area contributed by atoms with Crippen LogP contribution in [-0.2, 0) is 0 Å². The van der Waals surface area contributed by atoms with Crippen molar-refractivity contribution in [1.29, 1.82) is 0 Å². The fourth-order valence-corrected chi connectivity index (χ4v) is 2.58. The predicted molar refractivity (Wildman–Crippen MR) is 55.8 cm³/mol. The zero-order chi connectivity index (χ0) is 9.26. The van der Waals surface area contributed by atoms with Gasteiger partial charge in [-0.05, 0) is 48.8 Å². The number of piperidine rings is 1. The molecule has 0 unspecified atom stereocenters. The largest absolute Gasteiger partial charge is 0.320 e. The number of aromatic nitrogens is 2. The fourth-order valence-electron chi connectivity index (χ4n) is 1.93. The third-order valence-electron chi connectivity index (χ3n) is 2.61. The van der Waals surface area contributed by atoms with E-state index < -0.39 is 0 Å². The number of hydrogen-bond donors (Lipinski definition) is 1. The molecule has 2 rings (SSSR count). The molecule has 1 aromatic heterocycles. The zero-order valence-corrected chi connectivity index (χ0v) is 9.34. The first-order chi connectivity index (χ1) is 6.29. The Hall–Kier alpha value is -0.350. The Morgan fingerprint density at radius 3 is 2.77 bits per heavy atom. The van der Waals surface area contributed by atoms with Crippen LogP contribution in [0, 0.1) is 6.92 Å². The Morgan fingerprint density at radius 2 is 2.23 bits per heavy atom. The zero-order valence-electron chi connectivity index (χ0n) is 7.76. The molecule has 0 bridgehead atoms. The smallest absolute Gasteiger partial charge is 0.106 e. The molecule has 0 radical (unpaired) electrons. The van der Waals surface area contributed by atoms with Crippen LogP contribution in [0.5, 0.6) is 0 Å². The predicted octanol–water partition coefficient (Wildman–Crippen LogP) is 1.88. The minimum absolute atomic E-state index is 0.623. The summed E-state index contributed by atoms with van der Waals surface area (Å²) in [6.45, 7) is 4.30. The number of hydrogen-bond acceptors (Lipinski definition) is 2. The van der Waals surface area contributed by atoms with E-state index in [-0.39, 0.29) is 0 Å². The average Bonchev–Trinajstić information content (AvgIpc) is 2.48. The van der Waals surface area contributed by atoms with Crippen molar-refractivity contribution in [3.8, 4) is 0 Å². The van der Waals surface area contributed by atoms with Crippen molar-refractivity contribution < 1.29 is 0 Å². The van der Waals surface area contributed by atoms with Gasteiger partial charge in [0.15, 0.2) is 0 Å². The van der Waals surface area contributed by atoms with Gasteiger partial charge in [0.05, 0.1) is 6.20 Å². The molecule has 13 heavy (non-hydrogen) atoms. The second-order valence-corrected chi connectivity index (χ2v) is 4.29. The Balaban J connectivity index is 2.22. The van der Waals surface area contributed by atoms with E-state index in [1.807, 2.05) is 6.20 Å². The molecule has 1 aliphatic heterocycles. The lowest BCUT2D eigenvalue weighted by molar-refractivity contribution is 0.359. The number of halogens is 1. The molecular weight excluding hydrogens is 230 g/mol. The molecule has 0 aromatic carbocycles. The molecule has 72 valence electrons. The van der Waals surface area contributed by atoms with E-state index in [1.54, 1.807) is 0 Å². The summed E-state index contributed by atoms with van der Waals surface area (Å²) in [5.74, 6) is 1.11. The van der Waals surface area contributed by atoms with Gasteiger partial charge in [0.25, 0.3) is 0 Å². The van der Waals surface area contributed by atoms with Crippen LogP contribution in [0.2, 0.25) is 0 Å². The molecule has 0 aliphatic carbocycles. The molecule has 1 fully saturated rings. The highest BCUT2D eigenvalue weighted by Crippen LogP contribution is 2.25. The van der Waals surface area contributed by atoms with Crippen molar-refractivity contribution in [2.24, 2.45) is 0 Å². The van der Waals surface area contributed by atoms with Crippen LogP contribution in [-0.4, -0.2) is 22.6 Å². The van der Waals surface area contributed by atoms with E-state index in [4.69, 9.17) is 0 Å². The molecule has 1 aliphatic rings. The molecule has 0 amide bonds. The highest BCUT2D eigenvalue weighted by atomic mass is 79.9. The highest BCUT2D eigenvalue weighted by Gasteiger charge is 2.18. The SMILES string of the molecule is Cc1ncc(Br)n1C1CCNCC1. The van der Waals surface area contributed by atoms with Gasteiger partial charge in [-0.15, -0.1) is 0 Å². The van der Waals surface area contributed by atoms with Crippen LogP contribution < -0.4 is 5.32 Å². The summed E-state index contributed by atoms with van der Waals surface area (Å²) < 4.78 is 3.40. The topological polar surface area (TPSA) is 29.9 Å². The average molecular weight is 244 g/mol. The Morgan fingerprint density at radius 1 is 1.54 bits per heavy atom. The molecule has 2 heterocycles. The first-order valence-corrected chi connectivity index (χ1v) is 5.48. The van der Waals surface area contributed by atoms with Crippen LogP contribution in [0.3, 0.4) is 0 Å². The van der Waals surface area contributed by atoms with Crippen LogP contribution >= 0.6 is 15.9 Å². The summed E-state index contributed by atoms with van der Waals surface area (Å²) in [5.41, 5.74) is 0. The van der Waals surface area contributed by atoms with Crippen LogP contribution in [0.1, 0.15) is 24.7 Å². The normalized spacial score (nSPS) is 19.2. The second-order valence-electron chi connectivity index (χ2n) is 3.48. The first-order valence-electron chi connectivity index (χ1n) is 4.69. The van der Waals surface area contributed by atoms with Gasteiger partial charge in [-0.1, -0.05) is 0 Å². The Kier molecular flexibility index (Phi) is 2.69. The summed E-state index contributed by atoms with van der Waals surface area (Å²) in [6.07, 6.45) is 4.29. The van der Waals surface area contributed by atoms with Gasteiger partial charge >= 0.3 is 0 Å². The molecule has 1 saturated heterocycles. The van der Waals surface area contributed by atoms with Gasteiger partial charge in [-0.2, -0.15) is 0 Å². The standard InChI is InChI=1S/C9H14BrN3/c1-7-12-6-9(10)13(7)8-2-4-11-5-3-8/h6,8,11H,2-5H2,1H3. The van der Waals surface area contributed by atoms with Crippen molar-refractivity contribution in [2.75, 3.05) is 13.1 Å². The number of aryl methyl sites for hydroxylation is 1. The lowest BCUT2D eigenvalue weighted by Gasteiger charge is -2.25. The Labute approximate surface area is 86.7 Å². The maximum Gasteiger partial charge on any atom is 0.106 e. The van der Waals surface area contributed by atoms with Crippen LogP contribution in [0.15, 0.2) is 10.8 Å². The summed E-state index contributed by atoms with van der Waals surface area (Å²) >= 11 is 3.53. The van der Waals surface area contributed by atoms with E-state index >= 15 is 0 Å². The first kappa shape index (κ1) is 9.21. The summed E-state index contributed by atoms with van der Waals surface area (Å²) in [7, 11) is 0. The number of rotatable bonds is 1. The second kappa shape index (κ2) is 3.80. The van der Waals surface area contributed by atoms with E-state index in [2.05, 4.69) is 37.7 Å². The van der Waals surface area contributed by atoms with E-state index in [1.165, 1.54) is 12.8 Å². The fraction of sp³-hybridized carbons (Fsp3) is 0.667. The molecule has 0 saturated carbocycles. The maximum absolute atomic E-state index is 4.29. The quantitative estimate of drug-likeness (QED) is 0.817. The molecule has 3 nitrogen and oxygen atoms in total.